The third-order valence-electron chi connectivity index (χ3n) is 7.68. The van der Waals surface area contributed by atoms with Crippen LogP contribution in [0.3, 0.4) is 0 Å². The normalized spacial score (nSPS) is 12.6. The Balaban J connectivity index is 1.43. The molecule has 0 aliphatic heterocycles. The first-order valence-corrected chi connectivity index (χ1v) is 14.8. The zero-order valence-corrected chi connectivity index (χ0v) is 25.1. The van der Waals surface area contributed by atoms with E-state index in [2.05, 4.69) is 16.0 Å². The zero-order valence-electron chi connectivity index (χ0n) is 25.1. The SMILES string of the molecule is Cc1ccc(Nc2ccc(Nc3ccc(C)cc3)c3c2C(=O)c2ccc(C(=O)NCCCC(=O)CC(O)CO)cc2C3=O)cc1. The smallest absolute Gasteiger partial charge is 0.251 e. The number of ketones is 3. The predicted octanol–water partition coefficient (Wildman–Crippen LogP) is 5.39. The van der Waals surface area contributed by atoms with Gasteiger partial charge in [-0.05, 0) is 74.9 Å². The molecule has 1 aliphatic rings. The molecule has 9 nitrogen and oxygen atoms in total. The highest BCUT2D eigenvalue weighted by Gasteiger charge is 2.35. The molecule has 4 aromatic carbocycles. The molecule has 1 aliphatic carbocycles. The van der Waals surface area contributed by atoms with Crippen molar-refractivity contribution < 1.29 is 29.4 Å². The molecule has 0 saturated carbocycles. The Bertz CT molecular complexity index is 1760. The quantitative estimate of drug-likeness (QED) is 0.119. The van der Waals surface area contributed by atoms with Gasteiger partial charge in [0.05, 0.1) is 35.2 Å². The van der Waals surface area contributed by atoms with Gasteiger partial charge in [-0.2, -0.15) is 0 Å². The summed E-state index contributed by atoms with van der Waals surface area (Å²) in [5.74, 6) is -1.38. The highest BCUT2D eigenvalue weighted by Crippen LogP contribution is 2.39. The molecule has 1 unspecified atom stereocenters. The Kier molecular flexibility index (Phi) is 9.51. The Morgan fingerprint density at radius 1 is 0.733 bits per heavy atom. The van der Waals surface area contributed by atoms with E-state index < -0.39 is 18.6 Å². The lowest BCUT2D eigenvalue weighted by atomic mass is 9.81. The topological polar surface area (TPSA) is 145 Å². The minimum Gasteiger partial charge on any atom is -0.394 e. The van der Waals surface area contributed by atoms with Gasteiger partial charge in [-0.1, -0.05) is 35.4 Å². The van der Waals surface area contributed by atoms with Crippen molar-refractivity contribution in [2.45, 2.75) is 39.2 Å². The van der Waals surface area contributed by atoms with E-state index in [1.165, 1.54) is 18.2 Å². The second-order valence-electron chi connectivity index (χ2n) is 11.2. The summed E-state index contributed by atoms with van der Waals surface area (Å²) in [6.07, 6.45) is -0.741. The van der Waals surface area contributed by atoms with Crippen molar-refractivity contribution in [3.05, 3.63) is 118 Å². The minimum atomic E-state index is -1.09. The van der Waals surface area contributed by atoms with Gasteiger partial charge in [0.25, 0.3) is 5.91 Å². The molecular formula is C36H35N3O6. The van der Waals surface area contributed by atoms with Crippen LogP contribution >= 0.6 is 0 Å². The van der Waals surface area contributed by atoms with Crippen molar-refractivity contribution in [2.75, 3.05) is 23.8 Å². The fraction of sp³-hybridized carbons (Fsp3) is 0.222. The van der Waals surface area contributed by atoms with Crippen LogP contribution < -0.4 is 16.0 Å². The van der Waals surface area contributed by atoms with E-state index in [1.807, 2.05) is 62.4 Å². The molecule has 0 spiro atoms. The summed E-state index contributed by atoms with van der Waals surface area (Å²) < 4.78 is 0. The Hall–Kier alpha value is -5.12. The molecule has 45 heavy (non-hydrogen) atoms. The zero-order chi connectivity index (χ0) is 32.1. The van der Waals surface area contributed by atoms with E-state index in [1.54, 1.807) is 12.1 Å². The van der Waals surface area contributed by atoms with Gasteiger partial charge in [-0.3, -0.25) is 19.2 Å². The van der Waals surface area contributed by atoms with Crippen LogP contribution in [0.4, 0.5) is 22.7 Å². The van der Waals surface area contributed by atoms with Gasteiger partial charge in [0.15, 0.2) is 11.6 Å². The summed E-state index contributed by atoms with van der Waals surface area (Å²) in [5, 5.41) is 27.6. The number of rotatable bonds is 12. The van der Waals surface area contributed by atoms with E-state index in [4.69, 9.17) is 5.11 Å². The van der Waals surface area contributed by atoms with Gasteiger partial charge in [-0.25, -0.2) is 0 Å². The number of aryl methyl sites for hydroxylation is 2. The predicted molar refractivity (Wildman–Crippen MR) is 173 cm³/mol. The summed E-state index contributed by atoms with van der Waals surface area (Å²) in [6, 6.07) is 23.4. The average molecular weight is 606 g/mol. The monoisotopic (exact) mass is 605 g/mol. The first-order chi connectivity index (χ1) is 21.6. The lowest BCUT2D eigenvalue weighted by Gasteiger charge is -2.24. The van der Waals surface area contributed by atoms with Gasteiger partial charge in [-0.15, -0.1) is 0 Å². The number of benzene rings is 4. The Labute approximate surface area is 261 Å². The van der Waals surface area contributed by atoms with Crippen molar-refractivity contribution in [1.29, 1.82) is 0 Å². The highest BCUT2D eigenvalue weighted by molar-refractivity contribution is 6.32. The van der Waals surface area contributed by atoms with Crippen molar-refractivity contribution in [3.63, 3.8) is 0 Å². The number of aliphatic hydroxyl groups excluding tert-OH is 2. The number of Topliss-reactive ketones (excluding diaryl/α,β-unsaturated/α-hetero) is 1. The summed E-state index contributed by atoms with van der Waals surface area (Å²) in [7, 11) is 0. The van der Waals surface area contributed by atoms with Crippen LogP contribution in [0, 0.1) is 13.8 Å². The van der Waals surface area contributed by atoms with Crippen LogP contribution in [0.25, 0.3) is 0 Å². The lowest BCUT2D eigenvalue weighted by molar-refractivity contribution is -0.121. The van der Waals surface area contributed by atoms with Crippen molar-refractivity contribution in [1.82, 2.24) is 5.32 Å². The number of hydrogen-bond donors (Lipinski definition) is 5. The number of anilines is 4. The van der Waals surface area contributed by atoms with E-state index >= 15 is 0 Å². The van der Waals surface area contributed by atoms with Crippen LogP contribution in [0.2, 0.25) is 0 Å². The first-order valence-electron chi connectivity index (χ1n) is 14.8. The maximum absolute atomic E-state index is 14.2. The van der Waals surface area contributed by atoms with Crippen molar-refractivity contribution in [3.8, 4) is 0 Å². The average Bonchev–Trinajstić information content (AvgIpc) is 3.04. The maximum Gasteiger partial charge on any atom is 0.251 e. The number of fused-ring (bicyclic) bond motifs is 2. The fourth-order valence-electron chi connectivity index (χ4n) is 5.23. The largest absolute Gasteiger partial charge is 0.394 e. The first kappa shape index (κ1) is 31.3. The number of nitrogens with one attached hydrogen (secondary N) is 3. The fourth-order valence-corrected chi connectivity index (χ4v) is 5.23. The summed E-state index contributed by atoms with van der Waals surface area (Å²) in [6.45, 7) is 3.68. The molecule has 0 fully saturated rings. The molecule has 4 aromatic rings. The van der Waals surface area contributed by atoms with Gasteiger partial charge in [0.1, 0.15) is 5.78 Å². The molecule has 230 valence electrons. The van der Waals surface area contributed by atoms with E-state index in [0.717, 1.165) is 22.5 Å². The summed E-state index contributed by atoms with van der Waals surface area (Å²) >= 11 is 0. The molecule has 0 aromatic heterocycles. The standard InChI is InChI=1S/C36H35N3O6/c1-21-5-10-24(11-6-21)38-30-15-16-31(39-25-12-7-22(2)8-13-25)33-32(30)34(43)28-14-9-23(18-29(28)35(33)44)36(45)37-17-3-4-26(41)19-27(42)20-40/h5-16,18,27,38-40,42H,3-4,17,19-20H2,1-2H3,(H,37,45). The molecule has 0 saturated heterocycles. The summed E-state index contributed by atoms with van der Waals surface area (Å²) in [4.78, 5) is 53.1. The molecule has 1 atom stereocenters. The number of carbonyl (C=O) groups is 4. The van der Waals surface area contributed by atoms with Crippen molar-refractivity contribution >= 4 is 46.0 Å². The number of amides is 1. The lowest BCUT2D eigenvalue weighted by Crippen LogP contribution is -2.27. The van der Waals surface area contributed by atoms with Crippen LogP contribution in [0.1, 0.15) is 72.6 Å². The molecule has 5 N–H and O–H groups in total. The van der Waals surface area contributed by atoms with Crippen molar-refractivity contribution in [2.24, 2.45) is 0 Å². The highest BCUT2D eigenvalue weighted by atomic mass is 16.3. The molecule has 5 rings (SSSR count). The van der Waals surface area contributed by atoms with Crippen LogP contribution in [-0.2, 0) is 4.79 Å². The third-order valence-corrected chi connectivity index (χ3v) is 7.68. The Morgan fingerprint density at radius 3 is 1.80 bits per heavy atom. The second-order valence-corrected chi connectivity index (χ2v) is 11.2. The molecule has 0 bridgehead atoms. The second kappa shape index (κ2) is 13.7. The minimum absolute atomic E-state index is 0.132. The third kappa shape index (κ3) is 7.17. The number of aliphatic hydroxyl groups is 2. The van der Waals surface area contributed by atoms with Crippen LogP contribution in [0.15, 0.2) is 78.9 Å². The molecule has 0 heterocycles. The number of carbonyl (C=O) groups excluding carboxylic acids is 4. The Morgan fingerprint density at radius 2 is 1.27 bits per heavy atom. The van der Waals surface area contributed by atoms with E-state index in [0.29, 0.717) is 17.8 Å². The summed E-state index contributed by atoms with van der Waals surface area (Å²) in [5.41, 5.74) is 5.67. The molecule has 9 heteroatoms. The molecule has 1 amide bonds. The van der Waals surface area contributed by atoms with Gasteiger partial charge in [0, 0.05) is 47.5 Å². The van der Waals surface area contributed by atoms with Gasteiger partial charge >= 0.3 is 0 Å². The molecule has 0 radical (unpaired) electrons. The van der Waals surface area contributed by atoms with Crippen LogP contribution in [-0.4, -0.2) is 52.7 Å². The van der Waals surface area contributed by atoms with E-state index in [-0.39, 0.29) is 64.6 Å². The molecular weight excluding hydrogens is 570 g/mol. The van der Waals surface area contributed by atoms with E-state index in [9.17, 15) is 24.3 Å². The van der Waals surface area contributed by atoms with Gasteiger partial charge < -0.3 is 26.2 Å². The number of hydrogen-bond acceptors (Lipinski definition) is 8. The van der Waals surface area contributed by atoms with Crippen LogP contribution in [0.5, 0.6) is 0 Å². The van der Waals surface area contributed by atoms with Gasteiger partial charge in [0.2, 0.25) is 0 Å². The maximum atomic E-state index is 14.2.